The number of nitrogens with zero attached hydrogens (tertiary/aromatic N) is 2. The van der Waals surface area contributed by atoms with Crippen LogP contribution in [-0.2, 0) is 4.79 Å². The Bertz CT molecular complexity index is 581. The topological polar surface area (TPSA) is 57.7 Å². The maximum Gasteiger partial charge on any atom is 0.327 e. The Kier molecular flexibility index (Phi) is 3.33. The summed E-state index contributed by atoms with van der Waals surface area (Å²) in [6.07, 6.45) is 1.90. The van der Waals surface area contributed by atoms with Crippen LogP contribution in [0, 0.1) is 0 Å². The van der Waals surface area contributed by atoms with Gasteiger partial charge in [0.1, 0.15) is 6.54 Å². The first-order valence-electron chi connectivity index (χ1n) is 6.46. The van der Waals surface area contributed by atoms with E-state index in [1.807, 2.05) is 0 Å². The average Bonchev–Trinajstić information content (AvgIpc) is 3.22. The molecule has 0 bridgehead atoms. The van der Waals surface area contributed by atoms with Gasteiger partial charge in [0.2, 0.25) is 0 Å². The van der Waals surface area contributed by atoms with Crippen LogP contribution in [0.4, 0.5) is 4.79 Å². The quantitative estimate of drug-likeness (QED) is 0.624. The van der Waals surface area contributed by atoms with E-state index in [2.05, 4.69) is 15.9 Å². The highest BCUT2D eigenvalue weighted by atomic mass is 79.9. The molecule has 0 aromatic heterocycles. The number of carbonyl (C=O) groups excluding carboxylic acids is 3. The van der Waals surface area contributed by atoms with E-state index in [0.29, 0.717) is 5.56 Å². The molecule has 20 heavy (non-hydrogen) atoms. The standard InChI is InChI=1S/C14H13BrN2O3/c15-10-3-1-9(2-4-10)12(18)7-17-13(19)8-16(14(17)20)11-5-6-11/h1-4,11H,5-8H2. The lowest BCUT2D eigenvalue weighted by Crippen LogP contribution is -2.37. The summed E-state index contributed by atoms with van der Waals surface area (Å²) in [6.45, 7) is -0.0698. The Morgan fingerprint density at radius 1 is 1.20 bits per heavy atom. The number of carbonyl (C=O) groups is 3. The number of ketones is 1. The van der Waals surface area contributed by atoms with Crippen molar-refractivity contribution >= 4 is 33.7 Å². The summed E-state index contributed by atoms with van der Waals surface area (Å²) in [4.78, 5) is 38.7. The van der Waals surface area contributed by atoms with Crippen LogP contribution in [-0.4, -0.2) is 46.7 Å². The summed E-state index contributed by atoms with van der Waals surface area (Å²) in [5.41, 5.74) is 0.499. The van der Waals surface area contributed by atoms with E-state index < -0.39 is 0 Å². The number of hydrogen-bond acceptors (Lipinski definition) is 3. The molecule has 1 aromatic rings. The maximum absolute atomic E-state index is 12.1. The Morgan fingerprint density at radius 3 is 2.45 bits per heavy atom. The summed E-state index contributed by atoms with van der Waals surface area (Å²) in [5, 5.41) is 0. The van der Waals surface area contributed by atoms with Gasteiger partial charge in [-0.3, -0.25) is 14.5 Å². The molecule has 1 saturated heterocycles. The minimum atomic E-state index is -0.331. The highest BCUT2D eigenvalue weighted by Gasteiger charge is 2.44. The summed E-state index contributed by atoms with van der Waals surface area (Å²) in [5.74, 6) is -0.510. The number of halogens is 1. The van der Waals surface area contributed by atoms with Gasteiger partial charge in [-0.2, -0.15) is 0 Å². The molecule has 5 nitrogen and oxygen atoms in total. The van der Waals surface area contributed by atoms with Gasteiger partial charge < -0.3 is 4.90 Å². The minimum absolute atomic E-state index is 0.108. The molecule has 0 spiro atoms. The fourth-order valence-electron chi connectivity index (χ4n) is 2.26. The molecule has 104 valence electrons. The normalized spacial score (nSPS) is 18.9. The molecule has 1 aliphatic carbocycles. The van der Waals surface area contributed by atoms with Gasteiger partial charge in [-0.05, 0) is 25.0 Å². The van der Waals surface area contributed by atoms with Crippen molar-refractivity contribution in [3.8, 4) is 0 Å². The number of Topliss-reactive ketones (excluding diaryl/α,β-unsaturated/α-hetero) is 1. The monoisotopic (exact) mass is 336 g/mol. The van der Waals surface area contributed by atoms with Crippen molar-refractivity contribution in [3.05, 3.63) is 34.3 Å². The lowest BCUT2D eigenvalue weighted by Gasteiger charge is -2.15. The molecule has 2 fully saturated rings. The van der Waals surface area contributed by atoms with E-state index in [1.54, 1.807) is 29.2 Å². The number of imide groups is 1. The predicted octanol–water partition coefficient (Wildman–Crippen LogP) is 2.06. The minimum Gasteiger partial charge on any atom is -0.312 e. The molecule has 3 amide bonds. The zero-order valence-corrected chi connectivity index (χ0v) is 12.3. The largest absolute Gasteiger partial charge is 0.327 e. The molecule has 6 heteroatoms. The molecule has 1 saturated carbocycles. The van der Waals surface area contributed by atoms with Crippen molar-refractivity contribution in [2.24, 2.45) is 0 Å². The number of hydrogen-bond donors (Lipinski definition) is 0. The van der Waals surface area contributed by atoms with Crippen molar-refractivity contribution in [3.63, 3.8) is 0 Å². The summed E-state index contributed by atoms with van der Waals surface area (Å²) < 4.78 is 0.877. The van der Waals surface area contributed by atoms with Crippen molar-refractivity contribution in [1.82, 2.24) is 9.80 Å². The van der Waals surface area contributed by atoms with E-state index in [1.165, 1.54) is 0 Å². The van der Waals surface area contributed by atoms with Crippen LogP contribution in [0.15, 0.2) is 28.7 Å². The number of rotatable bonds is 4. The van der Waals surface area contributed by atoms with E-state index >= 15 is 0 Å². The Labute approximate surface area is 124 Å². The van der Waals surface area contributed by atoms with E-state index in [9.17, 15) is 14.4 Å². The first kappa shape index (κ1) is 13.3. The van der Waals surface area contributed by atoms with Gasteiger partial charge in [0.25, 0.3) is 5.91 Å². The third-order valence-electron chi connectivity index (χ3n) is 3.54. The van der Waals surface area contributed by atoms with Crippen LogP contribution in [0.2, 0.25) is 0 Å². The summed E-state index contributed by atoms with van der Waals surface area (Å²) in [6, 6.07) is 6.74. The van der Waals surface area contributed by atoms with Crippen LogP contribution in [0.25, 0.3) is 0 Å². The highest BCUT2D eigenvalue weighted by Crippen LogP contribution is 2.30. The second-order valence-electron chi connectivity index (χ2n) is 5.05. The SMILES string of the molecule is O=C(CN1C(=O)CN(C2CC2)C1=O)c1ccc(Br)cc1. The van der Waals surface area contributed by atoms with Gasteiger partial charge >= 0.3 is 6.03 Å². The number of amides is 3. The van der Waals surface area contributed by atoms with E-state index in [4.69, 9.17) is 0 Å². The van der Waals surface area contributed by atoms with Crippen LogP contribution < -0.4 is 0 Å². The molecule has 0 unspecified atom stereocenters. The van der Waals surface area contributed by atoms with Gasteiger partial charge in [0, 0.05) is 16.1 Å². The van der Waals surface area contributed by atoms with Crippen molar-refractivity contribution in [2.45, 2.75) is 18.9 Å². The van der Waals surface area contributed by atoms with Crippen molar-refractivity contribution < 1.29 is 14.4 Å². The van der Waals surface area contributed by atoms with Crippen LogP contribution in [0.3, 0.4) is 0 Å². The summed E-state index contributed by atoms with van der Waals surface area (Å²) >= 11 is 3.30. The second kappa shape index (κ2) is 5.01. The van der Waals surface area contributed by atoms with Crippen molar-refractivity contribution in [2.75, 3.05) is 13.1 Å². The van der Waals surface area contributed by atoms with Gasteiger partial charge in [-0.15, -0.1) is 0 Å². The number of benzene rings is 1. The molecule has 2 aliphatic rings. The van der Waals surface area contributed by atoms with Gasteiger partial charge in [0.15, 0.2) is 5.78 Å². The number of urea groups is 1. The third-order valence-corrected chi connectivity index (χ3v) is 4.07. The second-order valence-corrected chi connectivity index (χ2v) is 5.97. The molecule has 1 aromatic carbocycles. The Balaban J connectivity index is 1.70. The predicted molar refractivity (Wildman–Crippen MR) is 75.3 cm³/mol. The highest BCUT2D eigenvalue weighted by molar-refractivity contribution is 9.10. The van der Waals surface area contributed by atoms with Crippen LogP contribution >= 0.6 is 15.9 Å². The smallest absolute Gasteiger partial charge is 0.312 e. The van der Waals surface area contributed by atoms with Gasteiger partial charge in [0.05, 0.1) is 6.54 Å². The zero-order chi connectivity index (χ0) is 14.3. The molecule has 1 heterocycles. The molecular weight excluding hydrogens is 324 g/mol. The lowest BCUT2D eigenvalue weighted by atomic mass is 10.1. The summed E-state index contributed by atoms with van der Waals surface area (Å²) in [7, 11) is 0. The fraction of sp³-hybridized carbons (Fsp3) is 0.357. The molecule has 0 radical (unpaired) electrons. The van der Waals surface area contributed by atoms with Crippen molar-refractivity contribution in [1.29, 1.82) is 0 Å². The first-order valence-corrected chi connectivity index (χ1v) is 7.25. The molecule has 0 atom stereocenters. The third kappa shape index (κ3) is 2.47. The average molecular weight is 337 g/mol. The van der Waals surface area contributed by atoms with Crippen LogP contribution in [0.1, 0.15) is 23.2 Å². The zero-order valence-electron chi connectivity index (χ0n) is 10.7. The molecule has 3 rings (SSSR count). The first-order chi connectivity index (χ1) is 9.56. The maximum atomic E-state index is 12.1. The lowest BCUT2D eigenvalue weighted by molar-refractivity contribution is -0.125. The fourth-order valence-corrected chi connectivity index (χ4v) is 2.52. The Hall–Kier alpha value is -1.69. The van der Waals surface area contributed by atoms with Crippen LogP contribution in [0.5, 0.6) is 0 Å². The Morgan fingerprint density at radius 2 is 1.85 bits per heavy atom. The molecule has 0 N–H and O–H groups in total. The molecule has 1 aliphatic heterocycles. The van der Waals surface area contributed by atoms with Gasteiger partial charge in [-0.1, -0.05) is 28.1 Å². The van der Waals surface area contributed by atoms with Gasteiger partial charge in [-0.25, -0.2) is 4.79 Å². The molecular formula is C14H13BrN2O3. The van der Waals surface area contributed by atoms with E-state index in [-0.39, 0.29) is 36.9 Å². The van der Waals surface area contributed by atoms with E-state index in [0.717, 1.165) is 22.2 Å².